The molecule has 0 aromatic rings. The van der Waals surface area contributed by atoms with Crippen molar-refractivity contribution < 1.29 is 38.5 Å². The third-order valence-electron chi connectivity index (χ3n) is 2.12. The number of halogens is 1. The number of nitrogens with zero attached hydrogens (tertiary/aromatic N) is 1. The first-order valence-corrected chi connectivity index (χ1v) is 6.38. The van der Waals surface area contributed by atoms with Crippen LogP contribution in [0.2, 0.25) is 0 Å². The van der Waals surface area contributed by atoms with Crippen LogP contribution in [-0.2, 0) is 0 Å². The van der Waals surface area contributed by atoms with Crippen molar-refractivity contribution >= 4 is 0 Å². The normalized spacial score (nSPS) is 11.2. The molecule has 0 fully saturated rings. The highest BCUT2D eigenvalue weighted by molar-refractivity contribution is 4.76. The van der Waals surface area contributed by atoms with E-state index in [4.69, 9.17) is 23.7 Å². The van der Waals surface area contributed by atoms with E-state index in [2.05, 4.69) is 19.7 Å². The third-order valence-corrected chi connectivity index (χ3v) is 2.12. The van der Waals surface area contributed by atoms with Crippen LogP contribution in [0, 0.1) is 10.2 Å². The smallest absolute Gasteiger partial charge is 0.103 e. The van der Waals surface area contributed by atoms with E-state index in [1.54, 1.807) is 0 Å². The van der Waals surface area contributed by atoms with Crippen LogP contribution in [0.15, 0.2) is 38.0 Å². The zero-order valence-electron chi connectivity index (χ0n) is 10.3. The molecule has 0 heterocycles. The first kappa shape index (κ1) is 19.6. The van der Waals surface area contributed by atoms with Gasteiger partial charge in [0.1, 0.15) is 6.54 Å². The first-order valence-electron chi connectivity index (χ1n) is 5.15. The summed E-state index contributed by atoms with van der Waals surface area (Å²) >= 11 is 0. The van der Waals surface area contributed by atoms with Crippen molar-refractivity contribution in [2.75, 3.05) is 32.8 Å². The summed E-state index contributed by atoms with van der Waals surface area (Å²) in [6.45, 7) is 14.6. The van der Waals surface area contributed by atoms with E-state index in [-0.39, 0.29) is 6.61 Å². The molecule has 0 atom stereocenters. The topological polar surface area (TPSA) is 112 Å². The van der Waals surface area contributed by atoms with Gasteiger partial charge in [0.2, 0.25) is 0 Å². The van der Waals surface area contributed by atoms with Gasteiger partial charge in [-0.2, -0.15) is 0 Å². The number of hydrogen-bond donors (Lipinski definition) is 1. The van der Waals surface area contributed by atoms with Crippen LogP contribution < -0.4 is 18.6 Å². The molecule has 106 valence electrons. The average Bonchev–Trinajstić information content (AvgIpc) is 2.16. The molecule has 0 aliphatic carbocycles. The molecule has 0 bridgehead atoms. The molecule has 0 rings (SSSR count). The Bertz CT molecular complexity index is 220. The Morgan fingerprint density at radius 2 is 1.17 bits per heavy atom. The van der Waals surface area contributed by atoms with Gasteiger partial charge in [0.15, 0.2) is 0 Å². The molecule has 0 aliphatic rings. The van der Waals surface area contributed by atoms with Crippen LogP contribution in [0.5, 0.6) is 0 Å². The summed E-state index contributed by atoms with van der Waals surface area (Å²) in [5.41, 5.74) is 0. The van der Waals surface area contributed by atoms with Gasteiger partial charge >= 0.3 is 0 Å². The van der Waals surface area contributed by atoms with Crippen LogP contribution in [0.3, 0.4) is 0 Å². The quantitative estimate of drug-likeness (QED) is 0.368. The van der Waals surface area contributed by atoms with E-state index in [9.17, 15) is 0 Å². The lowest BCUT2D eigenvalue weighted by molar-refractivity contribution is -2.00. The standard InChI is InChI=1S/C11H20NO.ClHO4/c1-4-7-12(8-5-2,9-6-3)10-11-13;2-1(3,4)5/h4-6,13H,1-3,7-11H2;(H,2,3,4,5)/q+1;/p-1. The van der Waals surface area contributed by atoms with Gasteiger partial charge in [-0.05, 0) is 18.2 Å². The Balaban J connectivity index is 0. The fraction of sp³-hybridized carbons (Fsp3) is 0.455. The number of hydrogen-bond acceptors (Lipinski definition) is 5. The van der Waals surface area contributed by atoms with E-state index in [0.717, 1.165) is 30.7 Å². The molecular weight excluding hydrogens is 262 g/mol. The molecule has 0 aromatic carbocycles. The summed E-state index contributed by atoms with van der Waals surface area (Å²) in [6, 6.07) is 0. The van der Waals surface area contributed by atoms with Crippen LogP contribution in [0.25, 0.3) is 0 Å². The monoisotopic (exact) mass is 281 g/mol. The van der Waals surface area contributed by atoms with Crippen LogP contribution in [-0.4, -0.2) is 42.4 Å². The second-order valence-electron chi connectivity index (χ2n) is 3.58. The number of rotatable bonds is 8. The largest absolute Gasteiger partial charge is 0.391 e. The molecule has 0 radical (unpaired) electrons. The Kier molecular flexibility index (Phi) is 11.1. The van der Waals surface area contributed by atoms with Gasteiger partial charge in [-0.1, -0.05) is 19.7 Å². The zero-order chi connectivity index (χ0) is 14.7. The number of aliphatic hydroxyl groups is 1. The predicted molar refractivity (Wildman–Crippen MR) is 57.4 cm³/mol. The second-order valence-corrected chi connectivity index (χ2v) is 4.34. The van der Waals surface area contributed by atoms with E-state index in [0.29, 0.717) is 0 Å². The SMILES string of the molecule is C=CC[N+](CC=C)(CC=C)CCO.[O-][Cl+3]([O-])([O-])[O-]. The Labute approximate surface area is 110 Å². The Morgan fingerprint density at radius 1 is 0.889 bits per heavy atom. The van der Waals surface area contributed by atoms with Crippen molar-refractivity contribution in [3.63, 3.8) is 0 Å². The predicted octanol–water partition coefficient (Wildman–Crippen LogP) is -3.40. The summed E-state index contributed by atoms with van der Waals surface area (Å²) in [6.07, 6.45) is 5.63. The molecule has 0 amide bonds. The van der Waals surface area contributed by atoms with Gasteiger partial charge in [-0.3, -0.25) is 0 Å². The molecule has 0 saturated carbocycles. The van der Waals surface area contributed by atoms with Gasteiger partial charge in [-0.15, -0.1) is 10.2 Å². The third kappa shape index (κ3) is 13.3. The molecule has 0 aromatic heterocycles. The zero-order valence-corrected chi connectivity index (χ0v) is 11.1. The molecule has 0 spiro atoms. The summed E-state index contributed by atoms with van der Waals surface area (Å²) in [5, 5.41) is 8.96. The van der Waals surface area contributed by atoms with E-state index < -0.39 is 10.2 Å². The lowest BCUT2D eigenvalue weighted by Crippen LogP contribution is -2.68. The maximum absolute atomic E-state index is 8.96. The summed E-state index contributed by atoms with van der Waals surface area (Å²) in [5.74, 6) is 0. The summed E-state index contributed by atoms with van der Waals surface area (Å²) < 4.78 is 34.7. The number of aliphatic hydroxyl groups excluding tert-OH is 1. The molecule has 18 heavy (non-hydrogen) atoms. The minimum atomic E-state index is -4.94. The molecule has 7 heteroatoms. The Morgan fingerprint density at radius 3 is 1.33 bits per heavy atom. The van der Waals surface area contributed by atoms with Gasteiger partial charge in [-0.25, -0.2) is 18.6 Å². The second kappa shape index (κ2) is 10.2. The lowest BCUT2D eigenvalue weighted by atomic mass is 10.3. The highest BCUT2D eigenvalue weighted by Crippen LogP contribution is 2.06. The minimum Gasteiger partial charge on any atom is -0.391 e. The molecule has 0 unspecified atom stereocenters. The van der Waals surface area contributed by atoms with Crippen molar-refractivity contribution in [3.8, 4) is 0 Å². The first-order chi connectivity index (χ1) is 8.24. The Hall–Kier alpha value is -0.730. The van der Waals surface area contributed by atoms with Crippen molar-refractivity contribution in [2.24, 2.45) is 0 Å². The van der Waals surface area contributed by atoms with E-state index in [1.807, 2.05) is 18.2 Å². The van der Waals surface area contributed by atoms with Crippen molar-refractivity contribution in [1.29, 1.82) is 0 Å². The maximum atomic E-state index is 8.96. The molecule has 1 N–H and O–H groups in total. The molecule has 0 aliphatic heterocycles. The fourth-order valence-electron chi connectivity index (χ4n) is 1.53. The van der Waals surface area contributed by atoms with Crippen LogP contribution in [0.1, 0.15) is 0 Å². The molecule has 0 saturated heterocycles. The fourth-order valence-corrected chi connectivity index (χ4v) is 1.53. The van der Waals surface area contributed by atoms with Gasteiger partial charge in [0, 0.05) is 0 Å². The average molecular weight is 282 g/mol. The van der Waals surface area contributed by atoms with E-state index in [1.165, 1.54) is 0 Å². The van der Waals surface area contributed by atoms with Crippen molar-refractivity contribution in [2.45, 2.75) is 0 Å². The van der Waals surface area contributed by atoms with Gasteiger partial charge in [0.25, 0.3) is 0 Å². The lowest BCUT2D eigenvalue weighted by Gasteiger charge is -2.35. The molecule has 6 nitrogen and oxygen atoms in total. The maximum Gasteiger partial charge on any atom is 0.103 e. The molecular formula is C11H20ClNO5. The highest BCUT2D eigenvalue weighted by atomic mass is 35.7. The van der Waals surface area contributed by atoms with Gasteiger partial charge < -0.3 is 9.59 Å². The van der Waals surface area contributed by atoms with Crippen molar-refractivity contribution in [3.05, 3.63) is 38.0 Å². The summed E-state index contributed by atoms with van der Waals surface area (Å²) in [4.78, 5) is 0. The minimum absolute atomic E-state index is 0.190. The highest BCUT2D eigenvalue weighted by Gasteiger charge is 2.21. The van der Waals surface area contributed by atoms with Crippen LogP contribution >= 0.6 is 0 Å². The number of quaternary nitrogens is 1. The summed E-state index contributed by atoms with van der Waals surface area (Å²) in [7, 11) is -4.94. The van der Waals surface area contributed by atoms with E-state index >= 15 is 0 Å². The van der Waals surface area contributed by atoms with Gasteiger partial charge in [0.05, 0.1) is 26.2 Å². The van der Waals surface area contributed by atoms with Crippen LogP contribution in [0.4, 0.5) is 0 Å². The van der Waals surface area contributed by atoms with Crippen molar-refractivity contribution in [1.82, 2.24) is 0 Å².